The van der Waals surface area contributed by atoms with Crippen LogP contribution in [0, 0.1) is 12.8 Å². The molecule has 3 rings (SSSR count). The van der Waals surface area contributed by atoms with E-state index in [1.54, 1.807) is 26.8 Å². The number of aromatic nitrogens is 2. The van der Waals surface area contributed by atoms with Crippen LogP contribution in [0.15, 0.2) is 40.9 Å². The van der Waals surface area contributed by atoms with Crippen molar-refractivity contribution in [2.24, 2.45) is 11.7 Å². The summed E-state index contributed by atoms with van der Waals surface area (Å²) in [4.78, 5) is 40.6. The van der Waals surface area contributed by atoms with E-state index in [4.69, 9.17) is 15.0 Å². The Labute approximate surface area is 166 Å². The molecule has 0 aliphatic carbocycles. The number of fused-ring (bicyclic) bond motifs is 1. The summed E-state index contributed by atoms with van der Waals surface area (Å²) in [7, 11) is 0. The zero-order valence-corrected chi connectivity index (χ0v) is 16.1. The molecule has 1 atom stereocenters. The van der Waals surface area contributed by atoms with E-state index in [0.717, 1.165) is 5.56 Å². The van der Waals surface area contributed by atoms with E-state index in [1.165, 1.54) is 0 Å². The lowest BCUT2D eigenvalue weighted by molar-refractivity contribution is -0.130. The fraction of sp³-hybridized carbons (Fsp3) is 0.250. The van der Waals surface area contributed by atoms with Gasteiger partial charge in [-0.3, -0.25) is 10.1 Å². The Bertz CT molecular complexity index is 1080. The standard InChI is InChI=1S/C20H20N4O5/c1-10(2)16(17(25)23-20(21)27)28-19(26)13-9-14(12-7-5-4-6-8-12)22-18-15(13)11(3)24-29-18/h4-10,16H,1-3H3,(H3,21,23,25,27)/t16-/m1/s1. The minimum atomic E-state index is -1.21. The molecule has 29 heavy (non-hydrogen) atoms. The molecule has 2 heterocycles. The summed E-state index contributed by atoms with van der Waals surface area (Å²) < 4.78 is 10.7. The number of benzene rings is 1. The third-order valence-corrected chi connectivity index (χ3v) is 4.25. The number of carbonyl (C=O) groups is 3. The molecule has 0 saturated heterocycles. The van der Waals surface area contributed by atoms with E-state index >= 15 is 0 Å². The van der Waals surface area contributed by atoms with E-state index in [0.29, 0.717) is 16.8 Å². The second-order valence-electron chi connectivity index (χ2n) is 6.79. The lowest BCUT2D eigenvalue weighted by Gasteiger charge is -2.20. The van der Waals surface area contributed by atoms with Gasteiger partial charge in [-0.05, 0) is 18.9 Å². The van der Waals surface area contributed by atoms with Crippen molar-refractivity contribution in [1.29, 1.82) is 0 Å². The SMILES string of the molecule is Cc1noc2nc(-c3ccccc3)cc(C(=O)O[C@@H](C(=O)NC(N)=O)C(C)C)c12. The Morgan fingerprint density at radius 1 is 1.17 bits per heavy atom. The summed E-state index contributed by atoms with van der Waals surface area (Å²) in [6.07, 6.45) is -1.21. The van der Waals surface area contributed by atoms with Crippen LogP contribution in [0.4, 0.5) is 4.79 Å². The monoisotopic (exact) mass is 396 g/mol. The zero-order valence-electron chi connectivity index (χ0n) is 16.1. The Kier molecular flexibility index (Phi) is 5.58. The van der Waals surface area contributed by atoms with Crippen molar-refractivity contribution < 1.29 is 23.6 Å². The topological polar surface area (TPSA) is 137 Å². The predicted octanol–water partition coefficient (Wildman–Crippen LogP) is 2.57. The average molecular weight is 396 g/mol. The average Bonchev–Trinajstić information content (AvgIpc) is 3.06. The highest BCUT2D eigenvalue weighted by Gasteiger charge is 2.30. The van der Waals surface area contributed by atoms with Crippen LogP contribution < -0.4 is 11.1 Å². The normalized spacial score (nSPS) is 12.0. The minimum absolute atomic E-state index is 0.158. The second-order valence-corrected chi connectivity index (χ2v) is 6.79. The molecule has 150 valence electrons. The first-order chi connectivity index (χ1) is 13.8. The molecule has 0 fully saturated rings. The lowest BCUT2D eigenvalue weighted by atomic mass is 10.0. The Hall–Kier alpha value is -3.75. The first-order valence-electron chi connectivity index (χ1n) is 8.91. The van der Waals surface area contributed by atoms with E-state index in [-0.39, 0.29) is 11.3 Å². The maximum Gasteiger partial charge on any atom is 0.339 e. The Morgan fingerprint density at radius 3 is 2.48 bits per heavy atom. The fourth-order valence-electron chi connectivity index (χ4n) is 2.88. The van der Waals surface area contributed by atoms with Crippen LogP contribution in [0.2, 0.25) is 0 Å². The summed E-state index contributed by atoms with van der Waals surface area (Å²) in [5.41, 5.74) is 7.05. The van der Waals surface area contributed by atoms with Crippen molar-refractivity contribution in [3.63, 3.8) is 0 Å². The number of urea groups is 1. The van der Waals surface area contributed by atoms with Gasteiger partial charge < -0.3 is 15.0 Å². The van der Waals surface area contributed by atoms with E-state index in [1.807, 2.05) is 35.6 Å². The molecule has 0 aliphatic heterocycles. The molecule has 3 N–H and O–H groups in total. The number of pyridine rings is 1. The molecular weight excluding hydrogens is 376 g/mol. The molecule has 1 aromatic carbocycles. The van der Waals surface area contributed by atoms with Crippen LogP contribution in [0.5, 0.6) is 0 Å². The highest BCUT2D eigenvalue weighted by atomic mass is 16.5. The van der Waals surface area contributed by atoms with Gasteiger partial charge in [0.05, 0.1) is 22.3 Å². The van der Waals surface area contributed by atoms with Crippen molar-refractivity contribution in [1.82, 2.24) is 15.5 Å². The molecule has 2 aromatic heterocycles. The molecule has 9 heteroatoms. The molecule has 3 amide bonds. The summed E-state index contributed by atoms with van der Waals surface area (Å²) >= 11 is 0. The van der Waals surface area contributed by atoms with Crippen molar-refractivity contribution in [3.8, 4) is 11.3 Å². The van der Waals surface area contributed by atoms with Gasteiger partial charge in [-0.15, -0.1) is 0 Å². The molecule has 0 aliphatic rings. The maximum atomic E-state index is 13.0. The molecule has 0 saturated carbocycles. The maximum absolute atomic E-state index is 13.0. The molecule has 3 aromatic rings. The number of hydrogen-bond donors (Lipinski definition) is 2. The zero-order chi connectivity index (χ0) is 21.1. The van der Waals surface area contributed by atoms with Gasteiger partial charge in [0.1, 0.15) is 0 Å². The number of ether oxygens (including phenoxy) is 1. The van der Waals surface area contributed by atoms with Crippen molar-refractivity contribution in [3.05, 3.63) is 47.7 Å². The number of amides is 3. The predicted molar refractivity (Wildman–Crippen MR) is 104 cm³/mol. The number of nitrogens with one attached hydrogen (secondary N) is 1. The van der Waals surface area contributed by atoms with Crippen LogP contribution in [0.25, 0.3) is 22.4 Å². The highest BCUT2D eigenvalue weighted by Crippen LogP contribution is 2.28. The summed E-state index contributed by atoms with van der Waals surface area (Å²) in [6, 6.07) is 9.76. The number of nitrogens with two attached hydrogens (primary N) is 1. The first kappa shape index (κ1) is 20.0. The largest absolute Gasteiger partial charge is 0.448 e. The van der Waals surface area contributed by atoms with Crippen LogP contribution in [-0.2, 0) is 9.53 Å². The van der Waals surface area contributed by atoms with Gasteiger partial charge in [0.2, 0.25) is 0 Å². The number of primary amides is 1. The second kappa shape index (κ2) is 8.09. The van der Waals surface area contributed by atoms with E-state index < -0.39 is 29.9 Å². The molecule has 0 bridgehead atoms. The highest BCUT2D eigenvalue weighted by molar-refractivity contribution is 6.05. The first-order valence-corrected chi connectivity index (χ1v) is 8.91. The molecule has 0 radical (unpaired) electrons. The van der Waals surface area contributed by atoms with E-state index in [9.17, 15) is 14.4 Å². The van der Waals surface area contributed by atoms with Crippen LogP contribution >= 0.6 is 0 Å². The Balaban J connectivity index is 2.03. The smallest absolute Gasteiger partial charge is 0.339 e. The van der Waals surface area contributed by atoms with Crippen molar-refractivity contribution in [2.75, 3.05) is 0 Å². The summed E-state index contributed by atoms with van der Waals surface area (Å²) in [6.45, 7) is 5.04. The summed E-state index contributed by atoms with van der Waals surface area (Å²) in [5, 5.41) is 6.21. The van der Waals surface area contributed by atoms with Gasteiger partial charge in [0, 0.05) is 5.56 Å². The van der Waals surface area contributed by atoms with Crippen molar-refractivity contribution >= 4 is 29.0 Å². The molecule has 9 nitrogen and oxygen atoms in total. The number of nitrogens with zero attached hydrogens (tertiary/aromatic N) is 2. The van der Waals surface area contributed by atoms with E-state index in [2.05, 4.69) is 10.1 Å². The van der Waals surface area contributed by atoms with Gasteiger partial charge in [-0.2, -0.15) is 0 Å². The van der Waals surface area contributed by atoms with Gasteiger partial charge >= 0.3 is 12.0 Å². The molecular formula is C20H20N4O5. The lowest BCUT2D eigenvalue weighted by Crippen LogP contribution is -2.45. The summed E-state index contributed by atoms with van der Waals surface area (Å²) in [5.74, 6) is -1.96. The Morgan fingerprint density at radius 2 is 1.86 bits per heavy atom. The fourth-order valence-corrected chi connectivity index (χ4v) is 2.88. The molecule has 0 spiro atoms. The van der Waals surface area contributed by atoms with Gasteiger partial charge in [0.15, 0.2) is 6.10 Å². The third kappa shape index (κ3) is 4.23. The number of esters is 1. The quantitative estimate of drug-likeness (QED) is 0.632. The van der Waals surface area contributed by atoms with Crippen molar-refractivity contribution in [2.45, 2.75) is 26.9 Å². The molecule has 0 unspecified atom stereocenters. The minimum Gasteiger partial charge on any atom is -0.448 e. The number of rotatable bonds is 5. The van der Waals surface area contributed by atoms with Gasteiger partial charge in [-0.25, -0.2) is 14.6 Å². The number of imide groups is 1. The van der Waals surface area contributed by atoms with Gasteiger partial charge in [-0.1, -0.05) is 49.3 Å². The van der Waals surface area contributed by atoms with Crippen LogP contribution in [-0.4, -0.2) is 34.2 Å². The van der Waals surface area contributed by atoms with Crippen LogP contribution in [0.3, 0.4) is 0 Å². The van der Waals surface area contributed by atoms with Gasteiger partial charge in [0.25, 0.3) is 11.6 Å². The third-order valence-electron chi connectivity index (χ3n) is 4.25. The van der Waals surface area contributed by atoms with Crippen LogP contribution in [0.1, 0.15) is 29.9 Å². The number of aryl methyl sites for hydroxylation is 1. The number of carbonyl (C=O) groups excluding carboxylic acids is 3. The number of hydrogen-bond acceptors (Lipinski definition) is 7.